The molecule has 0 aliphatic carbocycles. The number of rotatable bonds is 5. The number of amides is 1. The van der Waals surface area contributed by atoms with Crippen LogP contribution in [0.15, 0.2) is 30.3 Å². The molecule has 2 aliphatic heterocycles. The number of nitrogens with one attached hydrogen (secondary N) is 1. The minimum absolute atomic E-state index is 0.109. The number of thioether (sulfide) groups is 1. The Hall–Kier alpha value is -1.04. The Morgan fingerprint density at radius 2 is 2.04 bits per heavy atom. The van der Waals surface area contributed by atoms with Crippen LogP contribution in [0.3, 0.4) is 0 Å². The van der Waals surface area contributed by atoms with Gasteiger partial charge in [0.15, 0.2) is 0 Å². The lowest BCUT2D eigenvalue weighted by Crippen LogP contribution is -2.46. The molecule has 0 spiro atoms. The van der Waals surface area contributed by atoms with Gasteiger partial charge in [0.25, 0.3) is 0 Å². The van der Waals surface area contributed by atoms with Crippen LogP contribution in [0.4, 0.5) is 0 Å². The van der Waals surface area contributed by atoms with E-state index in [1.54, 1.807) is 0 Å². The van der Waals surface area contributed by atoms with Crippen molar-refractivity contribution in [2.45, 2.75) is 31.4 Å². The highest BCUT2D eigenvalue weighted by molar-refractivity contribution is 7.99. The second-order valence-corrected chi connectivity index (χ2v) is 7.42. The highest BCUT2D eigenvalue weighted by Gasteiger charge is 2.29. The van der Waals surface area contributed by atoms with Crippen LogP contribution in [0.1, 0.15) is 30.9 Å². The minimum atomic E-state index is -0.180. The zero-order chi connectivity index (χ0) is 15.9. The summed E-state index contributed by atoms with van der Waals surface area (Å²) in [5.74, 6) is 2.31. The third-order valence-electron chi connectivity index (χ3n) is 4.55. The van der Waals surface area contributed by atoms with E-state index in [0.29, 0.717) is 6.54 Å². The quantitative estimate of drug-likeness (QED) is 0.898. The molecule has 0 unspecified atom stereocenters. The van der Waals surface area contributed by atoms with Crippen molar-refractivity contribution >= 4 is 17.7 Å². The zero-order valence-electron chi connectivity index (χ0n) is 13.6. The van der Waals surface area contributed by atoms with Gasteiger partial charge in [-0.05, 0) is 24.8 Å². The van der Waals surface area contributed by atoms with Crippen molar-refractivity contribution < 1.29 is 9.53 Å². The first-order valence-corrected chi connectivity index (χ1v) is 9.76. The molecule has 2 heterocycles. The van der Waals surface area contributed by atoms with Gasteiger partial charge in [-0.3, -0.25) is 9.69 Å². The van der Waals surface area contributed by atoms with Gasteiger partial charge >= 0.3 is 0 Å². The van der Waals surface area contributed by atoms with Gasteiger partial charge in [0.1, 0.15) is 6.04 Å². The summed E-state index contributed by atoms with van der Waals surface area (Å²) >= 11 is 1.97. The topological polar surface area (TPSA) is 41.6 Å². The second kappa shape index (κ2) is 8.71. The maximum Gasteiger partial charge on any atom is 0.242 e. The number of nitrogens with zero attached hydrogens (tertiary/aromatic N) is 1. The first-order chi connectivity index (χ1) is 11.3. The molecule has 126 valence electrons. The Bertz CT molecular complexity index is 485. The SMILES string of the molecule is O=C(NC[C@@H]1CCCCO1)[C@H](c1ccccc1)N1CCSCC1. The molecule has 2 aliphatic rings. The number of ether oxygens (including phenoxy) is 1. The molecule has 0 bridgehead atoms. The minimum Gasteiger partial charge on any atom is -0.376 e. The second-order valence-electron chi connectivity index (χ2n) is 6.20. The van der Waals surface area contributed by atoms with Crippen molar-refractivity contribution in [1.82, 2.24) is 10.2 Å². The van der Waals surface area contributed by atoms with Gasteiger partial charge in [0.2, 0.25) is 5.91 Å². The summed E-state index contributed by atoms with van der Waals surface area (Å²) < 4.78 is 5.73. The molecular weight excluding hydrogens is 308 g/mol. The first-order valence-electron chi connectivity index (χ1n) is 8.60. The molecule has 3 rings (SSSR count). The molecule has 2 saturated heterocycles. The fraction of sp³-hybridized carbons (Fsp3) is 0.611. The van der Waals surface area contributed by atoms with Crippen LogP contribution < -0.4 is 5.32 Å². The molecule has 1 aromatic rings. The van der Waals surface area contributed by atoms with E-state index in [1.165, 1.54) is 6.42 Å². The summed E-state index contributed by atoms with van der Waals surface area (Å²) in [6, 6.07) is 9.96. The molecular formula is C18H26N2O2S. The van der Waals surface area contributed by atoms with Crippen molar-refractivity contribution in [2.75, 3.05) is 37.7 Å². The standard InChI is InChI=1S/C18H26N2O2S/c21-18(19-14-16-8-4-5-11-22-16)17(15-6-2-1-3-7-15)20-9-12-23-13-10-20/h1-3,6-7,16-17H,4-5,8-14H2,(H,19,21)/t16-,17-/m0/s1. The zero-order valence-corrected chi connectivity index (χ0v) is 14.4. The van der Waals surface area contributed by atoms with E-state index in [-0.39, 0.29) is 18.1 Å². The van der Waals surface area contributed by atoms with Gasteiger partial charge in [0, 0.05) is 37.7 Å². The van der Waals surface area contributed by atoms with Crippen LogP contribution >= 0.6 is 11.8 Å². The molecule has 0 aromatic heterocycles. The van der Waals surface area contributed by atoms with Crippen molar-refractivity contribution in [3.63, 3.8) is 0 Å². The van der Waals surface area contributed by atoms with Crippen LogP contribution in [-0.4, -0.2) is 54.7 Å². The average Bonchev–Trinajstić information content (AvgIpc) is 2.63. The van der Waals surface area contributed by atoms with Crippen molar-refractivity contribution in [2.24, 2.45) is 0 Å². The molecule has 4 nitrogen and oxygen atoms in total. The Labute approximate surface area is 143 Å². The highest BCUT2D eigenvalue weighted by Crippen LogP contribution is 2.24. The van der Waals surface area contributed by atoms with Crippen LogP contribution in [0.2, 0.25) is 0 Å². The molecule has 1 amide bonds. The molecule has 2 atom stereocenters. The number of benzene rings is 1. The molecule has 0 saturated carbocycles. The lowest BCUT2D eigenvalue weighted by atomic mass is 10.0. The Kier molecular flexibility index (Phi) is 6.37. The van der Waals surface area contributed by atoms with Crippen LogP contribution in [0, 0.1) is 0 Å². The van der Waals surface area contributed by atoms with E-state index in [1.807, 2.05) is 30.0 Å². The van der Waals surface area contributed by atoms with Crippen LogP contribution in [0.25, 0.3) is 0 Å². The predicted molar refractivity (Wildman–Crippen MR) is 94.7 cm³/mol. The molecule has 5 heteroatoms. The molecule has 2 fully saturated rings. The number of carbonyl (C=O) groups is 1. The summed E-state index contributed by atoms with van der Waals surface area (Å²) in [7, 11) is 0. The number of hydrogen-bond acceptors (Lipinski definition) is 4. The smallest absolute Gasteiger partial charge is 0.242 e. The fourth-order valence-corrected chi connectivity index (χ4v) is 4.21. The Balaban J connectivity index is 1.65. The first kappa shape index (κ1) is 16.8. The fourth-order valence-electron chi connectivity index (χ4n) is 3.28. The summed E-state index contributed by atoms with van der Waals surface area (Å²) in [5, 5.41) is 3.14. The predicted octanol–water partition coefficient (Wildman–Crippen LogP) is 2.46. The van der Waals surface area contributed by atoms with E-state index in [9.17, 15) is 4.79 Å². The molecule has 1 N–H and O–H groups in total. The summed E-state index contributed by atoms with van der Waals surface area (Å²) in [4.78, 5) is 15.2. The van der Waals surface area contributed by atoms with Gasteiger partial charge in [-0.25, -0.2) is 0 Å². The lowest BCUT2D eigenvalue weighted by molar-refractivity contribution is -0.127. The largest absolute Gasteiger partial charge is 0.376 e. The van der Waals surface area contributed by atoms with Crippen LogP contribution in [-0.2, 0) is 9.53 Å². The monoisotopic (exact) mass is 334 g/mol. The van der Waals surface area contributed by atoms with E-state index in [2.05, 4.69) is 22.3 Å². The number of hydrogen-bond donors (Lipinski definition) is 1. The summed E-state index contributed by atoms with van der Waals surface area (Å²) in [6.07, 6.45) is 3.58. The summed E-state index contributed by atoms with van der Waals surface area (Å²) in [6.45, 7) is 3.39. The lowest BCUT2D eigenvalue weighted by Gasteiger charge is -2.34. The molecule has 0 radical (unpaired) electrons. The van der Waals surface area contributed by atoms with Crippen molar-refractivity contribution in [1.29, 1.82) is 0 Å². The highest BCUT2D eigenvalue weighted by atomic mass is 32.2. The van der Waals surface area contributed by atoms with E-state index in [0.717, 1.165) is 49.6 Å². The Morgan fingerprint density at radius 1 is 1.26 bits per heavy atom. The van der Waals surface area contributed by atoms with Gasteiger partial charge in [-0.1, -0.05) is 30.3 Å². The van der Waals surface area contributed by atoms with Gasteiger partial charge < -0.3 is 10.1 Å². The molecule has 1 aromatic carbocycles. The van der Waals surface area contributed by atoms with E-state index < -0.39 is 0 Å². The third kappa shape index (κ3) is 4.72. The van der Waals surface area contributed by atoms with E-state index >= 15 is 0 Å². The number of carbonyl (C=O) groups excluding carboxylic acids is 1. The van der Waals surface area contributed by atoms with Crippen molar-refractivity contribution in [3.8, 4) is 0 Å². The average molecular weight is 334 g/mol. The third-order valence-corrected chi connectivity index (χ3v) is 5.49. The van der Waals surface area contributed by atoms with Crippen LogP contribution in [0.5, 0.6) is 0 Å². The van der Waals surface area contributed by atoms with Gasteiger partial charge in [0.05, 0.1) is 6.10 Å². The van der Waals surface area contributed by atoms with Gasteiger partial charge in [-0.15, -0.1) is 0 Å². The maximum atomic E-state index is 12.9. The molecule has 23 heavy (non-hydrogen) atoms. The van der Waals surface area contributed by atoms with Gasteiger partial charge in [-0.2, -0.15) is 11.8 Å². The normalized spacial score (nSPS) is 24.1. The van der Waals surface area contributed by atoms with E-state index in [4.69, 9.17) is 4.74 Å². The van der Waals surface area contributed by atoms with Crippen molar-refractivity contribution in [3.05, 3.63) is 35.9 Å². The Morgan fingerprint density at radius 3 is 2.74 bits per heavy atom. The summed E-state index contributed by atoms with van der Waals surface area (Å²) in [5.41, 5.74) is 1.08. The maximum absolute atomic E-state index is 12.9.